The average Bonchev–Trinajstić information content (AvgIpc) is 2.86. The number of ether oxygens (including phenoxy) is 1. The van der Waals surface area contributed by atoms with Crippen molar-refractivity contribution in [1.29, 1.82) is 0 Å². The number of anilines is 1. The standard InChI is InChI=1S/C14H19FN2O2/c15-11-3-1-2-4-12(11)16-5-7-17(8-6-16)13-9-19-10-14(13)18/h1-4,13-14,18H,5-10H2. The summed E-state index contributed by atoms with van der Waals surface area (Å²) in [6, 6.07) is 6.98. The molecule has 1 aromatic rings. The molecular weight excluding hydrogens is 247 g/mol. The Bertz CT molecular complexity index is 435. The van der Waals surface area contributed by atoms with Gasteiger partial charge in [-0.1, -0.05) is 12.1 Å². The Hall–Kier alpha value is -1.17. The van der Waals surface area contributed by atoms with Crippen LogP contribution in [0.3, 0.4) is 0 Å². The average molecular weight is 266 g/mol. The molecule has 0 spiro atoms. The van der Waals surface area contributed by atoms with Crippen LogP contribution in [0.15, 0.2) is 24.3 Å². The highest BCUT2D eigenvalue weighted by Crippen LogP contribution is 2.22. The first-order chi connectivity index (χ1) is 9.25. The van der Waals surface area contributed by atoms with Gasteiger partial charge in [-0.2, -0.15) is 0 Å². The first-order valence-electron chi connectivity index (χ1n) is 6.75. The van der Waals surface area contributed by atoms with E-state index in [-0.39, 0.29) is 18.0 Å². The van der Waals surface area contributed by atoms with Crippen LogP contribution in [-0.4, -0.2) is 61.5 Å². The number of nitrogens with zero attached hydrogens (tertiary/aromatic N) is 2. The van der Waals surface area contributed by atoms with Gasteiger partial charge in [-0.25, -0.2) is 4.39 Å². The second kappa shape index (κ2) is 5.45. The van der Waals surface area contributed by atoms with Crippen LogP contribution < -0.4 is 4.90 Å². The van der Waals surface area contributed by atoms with Gasteiger partial charge in [0.1, 0.15) is 5.82 Å². The van der Waals surface area contributed by atoms with Crippen LogP contribution in [-0.2, 0) is 4.74 Å². The van der Waals surface area contributed by atoms with Crippen LogP contribution in [0.5, 0.6) is 0 Å². The maximum Gasteiger partial charge on any atom is 0.146 e. The largest absolute Gasteiger partial charge is 0.389 e. The van der Waals surface area contributed by atoms with E-state index in [2.05, 4.69) is 9.80 Å². The molecule has 19 heavy (non-hydrogen) atoms. The summed E-state index contributed by atoms with van der Waals surface area (Å²) in [5.74, 6) is -0.166. The Morgan fingerprint density at radius 3 is 2.47 bits per heavy atom. The van der Waals surface area contributed by atoms with Crippen LogP contribution >= 0.6 is 0 Å². The number of piperazine rings is 1. The fourth-order valence-electron chi connectivity index (χ4n) is 2.88. The van der Waals surface area contributed by atoms with E-state index < -0.39 is 0 Å². The molecule has 2 aliphatic heterocycles. The number of rotatable bonds is 2. The van der Waals surface area contributed by atoms with Crippen molar-refractivity contribution in [3.05, 3.63) is 30.1 Å². The molecule has 2 aliphatic rings. The molecule has 0 radical (unpaired) electrons. The van der Waals surface area contributed by atoms with Gasteiger partial charge >= 0.3 is 0 Å². The molecule has 5 heteroatoms. The molecule has 2 fully saturated rings. The topological polar surface area (TPSA) is 35.9 Å². The molecule has 4 nitrogen and oxygen atoms in total. The van der Waals surface area contributed by atoms with Crippen molar-refractivity contribution in [2.75, 3.05) is 44.3 Å². The lowest BCUT2D eigenvalue weighted by Crippen LogP contribution is -2.53. The third-order valence-electron chi connectivity index (χ3n) is 4.00. The van der Waals surface area contributed by atoms with Gasteiger partial charge in [0.15, 0.2) is 0 Å². The molecule has 0 aliphatic carbocycles. The second-order valence-electron chi connectivity index (χ2n) is 5.15. The minimum Gasteiger partial charge on any atom is -0.389 e. The molecule has 1 aromatic carbocycles. The molecular formula is C14H19FN2O2. The number of aliphatic hydroxyl groups excluding tert-OH is 1. The SMILES string of the molecule is OC1COCC1N1CCN(c2ccccc2F)CC1. The van der Waals surface area contributed by atoms with Crippen molar-refractivity contribution in [2.24, 2.45) is 0 Å². The number of hydrogen-bond donors (Lipinski definition) is 1. The van der Waals surface area contributed by atoms with E-state index in [0.29, 0.717) is 18.9 Å². The van der Waals surface area contributed by atoms with E-state index in [1.54, 1.807) is 6.07 Å². The smallest absolute Gasteiger partial charge is 0.146 e. The van der Waals surface area contributed by atoms with Crippen molar-refractivity contribution < 1.29 is 14.2 Å². The summed E-state index contributed by atoms with van der Waals surface area (Å²) in [6.45, 7) is 4.26. The number of para-hydroxylation sites is 1. The molecule has 2 saturated heterocycles. The first kappa shape index (κ1) is 12.8. The number of benzene rings is 1. The van der Waals surface area contributed by atoms with Crippen LogP contribution in [0.4, 0.5) is 10.1 Å². The molecule has 0 amide bonds. The fourth-order valence-corrected chi connectivity index (χ4v) is 2.88. The number of halogens is 1. The van der Waals surface area contributed by atoms with Crippen molar-refractivity contribution in [3.8, 4) is 0 Å². The van der Waals surface area contributed by atoms with E-state index in [9.17, 15) is 9.50 Å². The molecule has 0 saturated carbocycles. The molecule has 2 atom stereocenters. The summed E-state index contributed by atoms with van der Waals surface area (Å²) >= 11 is 0. The lowest BCUT2D eigenvalue weighted by atomic mass is 10.1. The highest BCUT2D eigenvalue weighted by molar-refractivity contribution is 5.48. The summed E-state index contributed by atoms with van der Waals surface area (Å²) in [4.78, 5) is 4.31. The van der Waals surface area contributed by atoms with E-state index in [1.807, 2.05) is 12.1 Å². The molecule has 2 unspecified atom stereocenters. The zero-order valence-corrected chi connectivity index (χ0v) is 10.8. The molecule has 0 bridgehead atoms. The fraction of sp³-hybridized carbons (Fsp3) is 0.571. The normalized spacial score (nSPS) is 28.8. The Morgan fingerprint density at radius 2 is 1.84 bits per heavy atom. The summed E-state index contributed by atoms with van der Waals surface area (Å²) < 4.78 is 19.0. The zero-order chi connectivity index (χ0) is 13.2. The van der Waals surface area contributed by atoms with Crippen molar-refractivity contribution in [1.82, 2.24) is 4.90 Å². The minimum atomic E-state index is -0.389. The lowest BCUT2D eigenvalue weighted by Gasteiger charge is -2.39. The van der Waals surface area contributed by atoms with Gasteiger partial charge in [0.2, 0.25) is 0 Å². The minimum absolute atomic E-state index is 0.0998. The van der Waals surface area contributed by atoms with Gasteiger partial charge in [0.05, 0.1) is 31.0 Å². The Balaban J connectivity index is 1.62. The van der Waals surface area contributed by atoms with Crippen LogP contribution in [0, 0.1) is 5.82 Å². The van der Waals surface area contributed by atoms with Crippen molar-refractivity contribution in [3.63, 3.8) is 0 Å². The van der Waals surface area contributed by atoms with Gasteiger partial charge in [-0.3, -0.25) is 4.90 Å². The van der Waals surface area contributed by atoms with Gasteiger partial charge in [0.25, 0.3) is 0 Å². The van der Waals surface area contributed by atoms with Gasteiger partial charge in [-0.05, 0) is 12.1 Å². The molecule has 1 N–H and O–H groups in total. The van der Waals surface area contributed by atoms with Crippen LogP contribution in [0.2, 0.25) is 0 Å². The number of hydrogen-bond acceptors (Lipinski definition) is 4. The molecule has 104 valence electrons. The summed E-state index contributed by atoms with van der Waals surface area (Å²) in [7, 11) is 0. The first-order valence-corrected chi connectivity index (χ1v) is 6.75. The quantitative estimate of drug-likeness (QED) is 0.855. The van der Waals surface area contributed by atoms with Gasteiger partial charge < -0.3 is 14.7 Å². The summed E-state index contributed by atoms with van der Waals surface area (Å²) in [5, 5.41) is 9.83. The predicted octanol–water partition coefficient (Wildman–Crippen LogP) is 0.707. The maximum atomic E-state index is 13.7. The second-order valence-corrected chi connectivity index (χ2v) is 5.15. The van der Waals surface area contributed by atoms with E-state index in [0.717, 1.165) is 26.2 Å². The number of aliphatic hydroxyl groups is 1. The molecule has 2 heterocycles. The monoisotopic (exact) mass is 266 g/mol. The molecule has 0 aromatic heterocycles. The van der Waals surface area contributed by atoms with Crippen LogP contribution in [0.25, 0.3) is 0 Å². The Kier molecular flexibility index (Phi) is 3.68. The molecule has 3 rings (SSSR count). The van der Waals surface area contributed by atoms with E-state index in [1.165, 1.54) is 6.07 Å². The van der Waals surface area contributed by atoms with E-state index in [4.69, 9.17) is 4.74 Å². The van der Waals surface area contributed by atoms with E-state index >= 15 is 0 Å². The van der Waals surface area contributed by atoms with Gasteiger partial charge in [-0.15, -0.1) is 0 Å². The summed E-state index contributed by atoms with van der Waals surface area (Å²) in [5.41, 5.74) is 0.672. The lowest BCUT2D eigenvalue weighted by molar-refractivity contribution is 0.0784. The highest BCUT2D eigenvalue weighted by atomic mass is 19.1. The third kappa shape index (κ3) is 2.59. The van der Waals surface area contributed by atoms with Crippen molar-refractivity contribution >= 4 is 5.69 Å². The highest BCUT2D eigenvalue weighted by Gasteiger charge is 2.33. The maximum absolute atomic E-state index is 13.7. The van der Waals surface area contributed by atoms with Crippen molar-refractivity contribution in [2.45, 2.75) is 12.1 Å². The Labute approximate surface area is 112 Å². The van der Waals surface area contributed by atoms with Crippen LogP contribution in [0.1, 0.15) is 0 Å². The Morgan fingerprint density at radius 1 is 1.11 bits per heavy atom. The third-order valence-corrected chi connectivity index (χ3v) is 4.00. The zero-order valence-electron chi connectivity index (χ0n) is 10.8. The predicted molar refractivity (Wildman–Crippen MR) is 70.8 cm³/mol. The summed E-state index contributed by atoms with van der Waals surface area (Å²) in [6.07, 6.45) is -0.389. The van der Waals surface area contributed by atoms with Gasteiger partial charge in [0, 0.05) is 26.2 Å².